The molecule has 3 heteroatoms. The van der Waals surface area contributed by atoms with E-state index in [9.17, 15) is 5.11 Å². The molecule has 0 aliphatic heterocycles. The number of hydrogen-bond acceptors (Lipinski definition) is 3. The van der Waals surface area contributed by atoms with Crippen LogP contribution in [0.2, 0.25) is 0 Å². The average molecular weight is 270 g/mol. The van der Waals surface area contributed by atoms with Gasteiger partial charge in [-0.2, -0.15) is 0 Å². The first-order valence-electron chi connectivity index (χ1n) is 8.18. The second kappa shape index (κ2) is 8.93. The highest BCUT2D eigenvalue weighted by Gasteiger charge is 2.32. The van der Waals surface area contributed by atoms with E-state index in [1.54, 1.807) is 0 Å². The Hall–Kier alpha value is -0.120. The minimum absolute atomic E-state index is 0.279. The predicted octanol–water partition coefficient (Wildman–Crippen LogP) is 2.64. The number of rotatable bonds is 8. The second-order valence-electron chi connectivity index (χ2n) is 6.54. The molecule has 0 atom stereocenters. The van der Waals surface area contributed by atoms with Gasteiger partial charge in [0.05, 0.1) is 6.61 Å². The average Bonchev–Trinajstić information content (AvgIpc) is 2.62. The van der Waals surface area contributed by atoms with Gasteiger partial charge < -0.3 is 15.3 Å². The molecule has 1 saturated carbocycles. The molecule has 2 N–H and O–H groups in total. The van der Waals surface area contributed by atoms with E-state index in [1.165, 1.54) is 38.5 Å². The number of nitrogens with zero attached hydrogens (tertiary/aromatic N) is 1. The van der Waals surface area contributed by atoms with Crippen LogP contribution in [0.15, 0.2) is 0 Å². The summed E-state index contributed by atoms with van der Waals surface area (Å²) in [6.07, 6.45) is 8.22. The molecule has 0 aromatic rings. The molecule has 0 spiro atoms. The molecule has 114 valence electrons. The van der Waals surface area contributed by atoms with Crippen LogP contribution in [0.3, 0.4) is 0 Å². The van der Waals surface area contributed by atoms with Gasteiger partial charge in [-0.25, -0.2) is 0 Å². The zero-order valence-corrected chi connectivity index (χ0v) is 13.2. The van der Waals surface area contributed by atoms with E-state index in [4.69, 9.17) is 0 Å². The topological polar surface area (TPSA) is 35.5 Å². The summed E-state index contributed by atoms with van der Waals surface area (Å²) < 4.78 is 0. The van der Waals surface area contributed by atoms with Crippen LogP contribution in [0.5, 0.6) is 0 Å². The molecule has 0 aromatic carbocycles. The number of aliphatic hydroxyl groups is 1. The first kappa shape index (κ1) is 16.9. The molecule has 0 saturated heterocycles. The molecule has 1 fully saturated rings. The number of hydrogen-bond donors (Lipinski definition) is 2. The van der Waals surface area contributed by atoms with Crippen LogP contribution in [0.25, 0.3) is 0 Å². The van der Waals surface area contributed by atoms with Gasteiger partial charge in [0.2, 0.25) is 0 Å². The van der Waals surface area contributed by atoms with Crippen LogP contribution in [-0.4, -0.2) is 48.8 Å². The Morgan fingerprint density at radius 3 is 2.26 bits per heavy atom. The van der Waals surface area contributed by atoms with Gasteiger partial charge in [0.25, 0.3) is 0 Å². The van der Waals surface area contributed by atoms with Gasteiger partial charge in [-0.3, -0.25) is 0 Å². The normalized spacial score (nSPS) is 19.9. The maximum absolute atomic E-state index is 9.20. The molecular formula is C16H34N2O. The van der Waals surface area contributed by atoms with Crippen LogP contribution in [0, 0.1) is 5.41 Å². The third-order valence-corrected chi connectivity index (χ3v) is 4.47. The maximum atomic E-state index is 9.20. The van der Waals surface area contributed by atoms with E-state index >= 15 is 0 Å². The second-order valence-corrected chi connectivity index (χ2v) is 6.54. The van der Waals surface area contributed by atoms with E-state index in [-0.39, 0.29) is 6.61 Å². The van der Waals surface area contributed by atoms with Crippen LogP contribution in [0.1, 0.15) is 59.3 Å². The third kappa shape index (κ3) is 6.24. The summed E-state index contributed by atoms with van der Waals surface area (Å²) in [6.45, 7) is 11.1. The van der Waals surface area contributed by atoms with Crippen molar-refractivity contribution in [2.45, 2.75) is 65.3 Å². The van der Waals surface area contributed by atoms with Gasteiger partial charge in [-0.05, 0) is 24.8 Å². The molecule has 0 amide bonds. The molecule has 1 aliphatic rings. The summed E-state index contributed by atoms with van der Waals surface area (Å²) in [7, 11) is 0. The van der Waals surface area contributed by atoms with Gasteiger partial charge in [0.1, 0.15) is 0 Å². The Labute approximate surface area is 119 Å². The minimum Gasteiger partial charge on any atom is -0.395 e. The van der Waals surface area contributed by atoms with Crippen molar-refractivity contribution in [1.82, 2.24) is 10.2 Å². The molecule has 0 bridgehead atoms. The van der Waals surface area contributed by atoms with E-state index < -0.39 is 0 Å². The monoisotopic (exact) mass is 270 g/mol. The molecule has 1 rings (SSSR count). The van der Waals surface area contributed by atoms with Gasteiger partial charge in [-0.1, -0.05) is 46.5 Å². The predicted molar refractivity (Wildman–Crippen MR) is 82.5 cm³/mol. The molecule has 1 aliphatic carbocycles. The zero-order chi connectivity index (χ0) is 14.1. The van der Waals surface area contributed by atoms with Crippen molar-refractivity contribution >= 4 is 0 Å². The lowest BCUT2D eigenvalue weighted by molar-refractivity contribution is 0.110. The Bertz CT molecular complexity index is 223. The highest BCUT2D eigenvalue weighted by molar-refractivity contribution is 4.87. The molecule has 0 aromatic heterocycles. The van der Waals surface area contributed by atoms with Crippen molar-refractivity contribution in [1.29, 1.82) is 0 Å². The van der Waals surface area contributed by atoms with Crippen molar-refractivity contribution in [2.75, 3.05) is 32.8 Å². The summed E-state index contributed by atoms with van der Waals surface area (Å²) >= 11 is 0. The fraction of sp³-hybridized carbons (Fsp3) is 1.00. The lowest BCUT2D eigenvalue weighted by Crippen LogP contribution is -2.46. The van der Waals surface area contributed by atoms with Crippen LogP contribution < -0.4 is 5.32 Å². The summed E-state index contributed by atoms with van der Waals surface area (Å²) in [4.78, 5) is 2.42. The van der Waals surface area contributed by atoms with Gasteiger partial charge in [0, 0.05) is 25.7 Å². The van der Waals surface area contributed by atoms with E-state index in [2.05, 4.69) is 31.0 Å². The van der Waals surface area contributed by atoms with Gasteiger partial charge in [-0.15, -0.1) is 0 Å². The summed E-state index contributed by atoms with van der Waals surface area (Å²) in [5.74, 6) is 0. The number of nitrogens with one attached hydrogen (secondary N) is 1. The molecular weight excluding hydrogens is 236 g/mol. The van der Waals surface area contributed by atoms with E-state index in [0.29, 0.717) is 11.5 Å². The van der Waals surface area contributed by atoms with E-state index in [1.807, 2.05) is 0 Å². The van der Waals surface area contributed by atoms with Crippen molar-refractivity contribution < 1.29 is 5.11 Å². The molecule has 19 heavy (non-hydrogen) atoms. The highest BCUT2D eigenvalue weighted by atomic mass is 16.3. The van der Waals surface area contributed by atoms with Crippen molar-refractivity contribution in [3.05, 3.63) is 0 Å². The van der Waals surface area contributed by atoms with Crippen molar-refractivity contribution in [3.8, 4) is 0 Å². The fourth-order valence-corrected chi connectivity index (χ4v) is 3.25. The Morgan fingerprint density at radius 2 is 1.79 bits per heavy atom. The lowest BCUT2D eigenvalue weighted by atomic mass is 9.79. The first-order valence-corrected chi connectivity index (χ1v) is 8.18. The molecule has 0 radical (unpaired) electrons. The van der Waals surface area contributed by atoms with Gasteiger partial charge >= 0.3 is 0 Å². The van der Waals surface area contributed by atoms with Crippen LogP contribution in [0.4, 0.5) is 0 Å². The number of likely N-dealkylation sites (N-methyl/N-ethyl adjacent to an activating group) is 1. The van der Waals surface area contributed by atoms with Crippen molar-refractivity contribution in [2.24, 2.45) is 5.41 Å². The summed E-state index contributed by atoms with van der Waals surface area (Å²) in [6, 6.07) is 0.563. The summed E-state index contributed by atoms with van der Waals surface area (Å²) in [5.41, 5.74) is 0.423. The van der Waals surface area contributed by atoms with Crippen LogP contribution in [-0.2, 0) is 0 Å². The highest BCUT2D eigenvalue weighted by Crippen LogP contribution is 2.35. The summed E-state index contributed by atoms with van der Waals surface area (Å²) in [5, 5.41) is 12.9. The van der Waals surface area contributed by atoms with Gasteiger partial charge in [0.15, 0.2) is 0 Å². The molecule has 0 heterocycles. The van der Waals surface area contributed by atoms with Crippen LogP contribution >= 0.6 is 0 Å². The third-order valence-electron chi connectivity index (χ3n) is 4.47. The fourth-order valence-electron chi connectivity index (χ4n) is 3.25. The zero-order valence-electron chi connectivity index (χ0n) is 13.2. The first-order chi connectivity index (χ1) is 9.12. The Balaban J connectivity index is 2.65. The number of aliphatic hydroxyl groups excluding tert-OH is 1. The SMILES string of the molecule is CCN(CCO)CC1(CNC(C)C)CCCCCC1. The lowest BCUT2D eigenvalue weighted by Gasteiger charge is -2.38. The maximum Gasteiger partial charge on any atom is 0.0558 e. The molecule has 0 unspecified atom stereocenters. The van der Waals surface area contributed by atoms with E-state index in [0.717, 1.165) is 26.2 Å². The standard InChI is InChI=1S/C16H34N2O/c1-4-18(11-12-19)14-16(13-17-15(2)3)9-7-5-6-8-10-16/h15,17,19H,4-14H2,1-3H3. The quantitative estimate of drug-likeness (QED) is 0.666. The molecule has 3 nitrogen and oxygen atoms in total. The largest absolute Gasteiger partial charge is 0.395 e. The minimum atomic E-state index is 0.279. The Kier molecular flexibility index (Phi) is 7.96. The van der Waals surface area contributed by atoms with Crippen molar-refractivity contribution in [3.63, 3.8) is 0 Å². The Morgan fingerprint density at radius 1 is 1.16 bits per heavy atom. The smallest absolute Gasteiger partial charge is 0.0558 e.